The van der Waals surface area contributed by atoms with E-state index >= 15 is 0 Å². The average Bonchev–Trinajstić information content (AvgIpc) is 2.42. The number of nitrogens with zero attached hydrogens (tertiary/aromatic N) is 1. The summed E-state index contributed by atoms with van der Waals surface area (Å²) in [6, 6.07) is 11.0. The summed E-state index contributed by atoms with van der Waals surface area (Å²) in [7, 11) is 0. The molecular formula is C15H8BrF2NO. The van der Waals surface area contributed by atoms with Crippen molar-refractivity contribution in [2.45, 2.75) is 5.92 Å². The molecule has 0 amide bonds. The van der Waals surface area contributed by atoms with Crippen molar-refractivity contribution in [3.8, 4) is 6.07 Å². The van der Waals surface area contributed by atoms with Crippen molar-refractivity contribution >= 4 is 21.7 Å². The van der Waals surface area contributed by atoms with Crippen molar-refractivity contribution in [2.75, 3.05) is 0 Å². The fourth-order valence-corrected chi connectivity index (χ4v) is 2.05. The highest BCUT2D eigenvalue weighted by molar-refractivity contribution is 9.10. The van der Waals surface area contributed by atoms with E-state index in [0.29, 0.717) is 11.6 Å². The van der Waals surface area contributed by atoms with Crippen LogP contribution in [0.3, 0.4) is 0 Å². The Morgan fingerprint density at radius 1 is 1.15 bits per heavy atom. The summed E-state index contributed by atoms with van der Waals surface area (Å²) in [6.07, 6.45) is 0. The summed E-state index contributed by atoms with van der Waals surface area (Å²) in [5.74, 6) is -3.47. The summed E-state index contributed by atoms with van der Waals surface area (Å²) >= 11 is 3.24. The van der Waals surface area contributed by atoms with Crippen molar-refractivity contribution < 1.29 is 13.6 Å². The maximum Gasteiger partial charge on any atom is 0.184 e. The lowest BCUT2D eigenvalue weighted by Gasteiger charge is -2.10. The lowest BCUT2D eigenvalue weighted by atomic mass is 9.91. The first-order valence-electron chi connectivity index (χ1n) is 5.67. The summed E-state index contributed by atoms with van der Waals surface area (Å²) in [5, 5.41) is 9.12. The Kier molecular flexibility index (Phi) is 4.26. The third-order valence-electron chi connectivity index (χ3n) is 2.79. The summed E-state index contributed by atoms with van der Waals surface area (Å²) in [4.78, 5) is 12.2. The highest BCUT2D eigenvalue weighted by Crippen LogP contribution is 2.24. The van der Waals surface area contributed by atoms with Crippen molar-refractivity contribution in [1.29, 1.82) is 5.26 Å². The number of ketones is 1. The van der Waals surface area contributed by atoms with Crippen molar-refractivity contribution in [3.05, 3.63) is 69.7 Å². The number of halogens is 3. The monoisotopic (exact) mass is 335 g/mol. The number of benzene rings is 2. The zero-order chi connectivity index (χ0) is 14.7. The lowest BCUT2D eigenvalue weighted by Crippen LogP contribution is -2.13. The van der Waals surface area contributed by atoms with E-state index in [4.69, 9.17) is 5.26 Å². The van der Waals surface area contributed by atoms with E-state index in [2.05, 4.69) is 15.9 Å². The topological polar surface area (TPSA) is 40.9 Å². The van der Waals surface area contributed by atoms with Crippen LogP contribution in [0.5, 0.6) is 0 Å². The molecule has 0 aliphatic heterocycles. The number of rotatable bonds is 3. The van der Waals surface area contributed by atoms with Gasteiger partial charge >= 0.3 is 0 Å². The van der Waals surface area contributed by atoms with Gasteiger partial charge < -0.3 is 0 Å². The fraction of sp³-hybridized carbons (Fsp3) is 0.0667. The first-order valence-corrected chi connectivity index (χ1v) is 6.46. The van der Waals surface area contributed by atoms with Gasteiger partial charge in [-0.15, -0.1) is 0 Å². The van der Waals surface area contributed by atoms with Crippen molar-refractivity contribution in [1.82, 2.24) is 0 Å². The van der Waals surface area contributed by atoms with Gasteiger partial charge in [0.15, 0.2) is 5.78 Å². The zero-order valence-electron chi connectivity index (χ0n) is 10.1. The van der Waals surface area contributed by atoms with Gasteiger partial charge in [-0.05, 0) is 18.2 Å². The Bertz CT molecular complexity index is 692. The highest BCUT2D eigenvalue weighted by atomic mass is 79.9. The Labute approximate surface area is 122 Å². The van der Waals surface area contributed by atoms with Gasteiger partial charge in [-0.25, -0.2) is 8.78 Å². The predicted molar refractivity (Wildman–Crippen MR) is 73.2 cm³/mol. The maximum atomic E-state index is 13.7. The number of Topliss-reactive ketones (excluding diaryl/α,β-unsaturated/α-hetero) is 1. The average molecular weight is 336 g/mol. The van der Waals surface area contributed by atoms with Gasteiger partial charge in [0.25, 0.3) is 0 Å². The van der Waals surface area contributed by atoms with Crippen LogP contribution in [0.1, 0.15) is 21.8 Å². The Balaban J connectivity index is 2.40. The molecule has 2 aromatic carbocycles. The fourth-order valence-electron chi connectivity index (χ4n) is 1.79. The van der Waals surface area contributed by atoms with Crippen LogP contribution in [0.2, 0.25) is 0 Å². The Hall–Kier alpha value is -2.06. The van der Waals surface area contributed by atoms with Crippen LogP contribution in [-0.2, 0) is 0 Å². The second-order valence-electron chi connectivity index (χ2n) is 4.10. The van der Waals surface area contributed by atoms with Gasteiger partial charge in [-0.2, -0.15) is 5.26 Å². The molecule has 100 valence electrons. The molecule has 0 bridgehead atoms. The minimum atomic E-state index is -1.29. The highest BCUT2D eigenvalue weighted by Gasteiger charge is 2.24. The Morgan fingerprint density at radius 3 is 2.35 bits per heavy atom. The molecule has 2 nitrogen and oxygen atoms in total. The number of hydrogen-bond acceptors (Lipinski definition) is 2. The SMILES string of the molecule is N#CC(C(=O)c1ccc(Br)cc1)c1ccc(F)cc1F. The molecule has 1 unspecified atom stereocenters. The molecule has 0 fully saturated rings. The van der Waals surface area contributed by atoms with Gasteiger partial charge in [-0.3, -0.25) is 4.79 Å². The van der Waals surface area contributed by atoms with Crippen LogP contribution >= 0.6 is 15.9 Å². The molecule has 0 aliphatic carbocycles. The van der Waals surface area contributed by atoms with Crippen LogP contribution in [-0.4, -0.2) is 5.78 Å². The van der Waals surface area contributed by atoms with E-state index < -0.39 is 23.3 Å². The van der Waals surface area contributed by atoms with Crippen LogP contribution in [0.15, 0.2) is 46.9 Å². The standard InChI is InChI=1S/C15H8BrF2NO/c16-10-3-1-9(2-4-10)15(20)13(8-19)12-6-5-11(17)7-14(12)18/h1-7,13H. The largest absolute Gasteiger partial charge is 0.292 e. The van der Waals surface area contributed by atoms with Gasteiger partial charge in [-0.1, -0.05) is 34.1 Å². The van der Waals surface area contributed by atoms with Crippen LogP contribution in [0, 0.1) is 23.0 Å². The molecule has 0 heterocycles. The van der Waals surface area contributed by atoms with Crippen LogP contribution in [0.25, 0.3) is 0 Å². The molecule has 0 aromatic heterocycles. The van der Waals surface area contributed by atoms with Crippen LogP contribution in [0.4, 0.5) is 8.78 Å². The van der Waals surface area contributed by atoms with Gasteiger partial charge in [0.1, 0.15) is 17.6 Å². The second kappa shape index (κ2) is 5.93. The van der Waals surface area contributed by atoms with Gasteiger partial charge in [0.05, 0.1) is 6.07 Å². The van der Waals surface area contributed by atoms with E-state index in [9.17, 15) is 13.6 Å². The minimum absolute atomic E-state index is 0.123. The minimum Gasteiger partial charge on any atom is -0.292 e. The zero-order valence-corrected chi connectivity index (χ0v) is 11.7. The molecule has 0 radical (unpaired) electrons. The van der Waals surface area contributed by atoms with Gasteiger partial charge in [0, 0.05) is 21.7 Å². The van der Waals surface area contributed by atoms with E-state index in [1.54, 1.807) is 18.2 Å². The normalized spacial score (nSPS) is 11.7. The van der Waals surface area contributed by atoms with Crippen LogP contribution < -0.4 is 0 Å². The summed E-state index contributed by atoms with van der Waals surface area (Å²) < 4.78 is 27.3. The molecular weight excluding hydrogens is 328 g/mol. The number of carbonyl (C=O) groups excluding carboxylic acids is 1. The molecule has 0 saturated carbocycles. The maximum absolute atomic E-state index is 13.7. The van der Waals surface area contributed by atoms with E-state index in [1.165, 1.54) is 12.1 Å². The third kappa shape index (κ3) is 2.91. The molecule has 20 heavy (non-hydrogen) atoms. The molecule has 5 heteroatoms. The van der Waals surface area contributed by atoms with E-state index in [1.807, 2.05) is 0 Å². The van der Waals surface area contributed by atoms with Gasteiger partial charge in [0.2, 0.25) is 0 Å². The first kappa shape index (κ1) is 14.4. The number of hydrogen-bond donors (Lipinski definition) is 0. The smallest absolute Gasteiger partial charge is 0.184 e. The van der Waals surface area contributed by atoms with Crippen molar-refractivity contribution in [2.24, 2.45) is 0 Å². The molecule has 0 spiro atoms. The summed E-state index contributed by atoms with van der Waals surface area (Å²) in [5.41, 5.74) is 0.172. The number of nitriles is 1. The number of carbonyl (C=O) groups is 1. The lowest BCUT2D eigenvalue weighted by molar-refractivity contribution is 0.0977. The second-order valence-corrected chi connectivity index (χ2v) is 5.01. The van der Waals surface area contributed by atoms with Crippen molar-refractivity contribution in [3.63, 3.8) is 0 Å². The predicted octanol–water partition coefficient (Wildman–Crippen LogP) is 4.22. The molecule has 2 aromatic rings. The molecule has 2 rings (SSSR count). The van der Waals surface area contributed by atoms with E-state index in [0.717, 1.165) is 16.6 Å². The molecule has 0 saturated heterocycles. The third-order valence-corrected chi connectivity index (χ3v) is 3.32. The summed E-state index contributed by atoms with van der Waals surface area (Å²) in [6.45, 7) is 0. The van der Waals surface area contributed by atoms with E-state index in [-0.39, 0.29) is 5.56 Å². The Morgan fingerprint density at radius 2 is 1.80 bits per heavy atom. The molecule has 0 aliphatic rings. The molecule has 0 N–H and O–H groups in total. The molecule has 1 atom stereocenters. The first-order chi connectivity index (χ1) is 9.52. The quantitative estimate of drug-likeness (QED) is 0.788.